The van der Waals surface area contributed by atoms with Crippen molar-refractivity contribution in [3.63, 3.8) is 0 Å². The van der Waals surface area contributed by atoms with E-state index in [0.717, 1.165) is 31.4 Å². The molecule has 1 saturated carbocycles. The van der Waals surface area contributed by atoms with Crippen LogP contribution in [-0.2, 0) is 4.79 Å². The van der Waals surface area contributed by atoms with Crippen molar-refractivity contribution in [1.82, 2.24) is 5.32 Å². The Morgan fingerprint density at radius 3 is 2.56 bits per heavy atom. The molecule has 1 aliphatic carbocycles. The summed E-state index contributed by atoms with van der Waals surface area (Å²) in [5.74, 6) is 0.729. The minimum Gasteiger partial charge on any atom is -0.355 e. The van der Waals surface area contributed by atoms with Crippen LogP contribution in [0, 0.1) is 5.41 Å². The van der Waals surface area contributed by atoms with Gasteiger partial charge in [0.1, 0.15) is 0 Å². The molecule has 0 bridgehead atoms. The Hall–Kier alpha value is -1.02. The molecule has 18 heavy (non-hydrogen) atoms. The maximum atomic E-state index is 12.2. The van der Waals surface area contributed by atoms with Crippen molar-refractivity contribution in [3.05, 3.63) is 35.9 Å². The third-order valence-corrected chi connectivity index (χ3v) is 4.37. The SMILES string of the molecule is CCC(C(=O)NCC1(CCl)CC1)c1ccccc1. The molecular formula is C15H20ClNO. The lowest BCUT2D eigenvalue weighted by Crippen LogP contribution is -2.34. The molecule has 1 aromatic carbocycles. The Bertz CT molecular complexity index is 400. The number of hydrogen-bond acceptors (Lipinski definition) is 1. The van der Waals surface area contributed by atoms with Gasteiger partial charge in [0.05, 0.1) is 5.92 Å². The fourth-order valence-electron chi connectivity index (χ4n) is 2.19. The number of hydrogen-bond donors (Lipinski definition) is 1. The Labute approximate surface area is 114 Å². The summed E-state index contributed by atoms with van der Waals surface area (Å²) in [7, 11) is 0. The lowest BCUT2D eigenvalue weighted by Gasteiger charge is -2.18. The number of alkyl halides is 1. The van der Waals surface area contributed by atoms with Crippen molar-refractivity contribution in [1.29, 1.82) is 0 Å². The summed E-state index contributed by atoms with van der Waals surface area (Å²) in [6.07, 6.45) is 3.10. The van der Waals surface area contributed by atoms with Crippen LogP contribution in [0.1, 0.15) is 37.7 Å². The number of rotatable bonds is 6. The molecular weight excluding hydrogens is 246 g/mol. The van der Waals surface area contributed by atoms with E-state index < -0.39 is 0 Å². The second-order valence-corrected chi connectivity index (χ2v) is 5.49. The van der Waals surface area contributed by atoms with E-state index in [4.69, 9.17) is 11.6 Å². The topological polar surface area (TPSA) is 29.1 Å². The lowest BCUT2D eigenvalue weighted by atomic mass is 9.95. The Morgan fingerprint density at radius 2 is 2.06 bits per heavy atom. The molecule has 0 spiro atoms. The zero-order valence-corrected chi connectivity index (χ0v) is 11.5. The van der Waals surface area contributed by atoms with Crippen LogP contribution in [0.3, 0.4) is 0 Å². The van der Waals surface area contributed by atoms with Crippen LogP contribution in [0.2, 0.25) is 0 Å². The first kappa shape index (κ1) is 13.4. The fraction of sp³-hybridized carbons (Fsp3) is 0.533. The first-order chi connectivity index (χ1) is 8.71. The molecule has 0 aromatic heterocycles. The number of nitrogens with one attached hydrogen (secondary N) is 1. The molecule has 1 atom stereocenters. The zero-order valence-electron chi connectivity index (χ0n) is 10.8. The van der Waals surface area contributed by atoms with Crippen LogP contribution in [0.4, 0.5) is 0 Å². The maximum absolute atomic E-state index is 12.2. The highest BCUT2D eigenvalue weighted by Crippen LogP contribution is 2.45. The van der Waals surface area contributed by atoms with Gasteiger partial charge in [-0.05, 0) is 24.8 Å². The molecule has 0 heterocycles. The summed E-state index contributed by atoms with van der Waals surface area (Å²) in [4.78, 5) is 12.2. The zero-order chi connectivity index (χ0) is 13.0. The Morgan fingerprint density at radius 1 is 1.39 bits per heavy atom. The first-order valence-corrected chi connectivity index (χ1v) is 7.13. The van der Waals surface area contributed by atoms with Gasteiger partial charge in [0.15, 0.2) is 0 Å². The largest absolute Gasteiger partial charge is 0.355 e. The van der Waals surface area contributed by atoms with E-state index in [1.807, 2.05) is 37.3 Å². The lowest BCUT2D eigenvalue weighted by molar-refractivity contribution is -0.122. The van der Waals surface area contributed by atoms with Crippen molar-refractivity contribution in [2.24, 2.45) is 5.41 Å². The molecule has 0 radical (unpaired) electrons. The predicted molar refractivity (Wildman–Crippen MR) is 74.9 cm³/mol. The smallest absolute Gasteiger partial charge is 0.227 e. The van der Waals surface area contributed by atoms with Crippen LogP contribution >= 0.6 is 11.6 Å². The highest BCUT2D eigenvalue weighted by Gasteiger charge is 2.42. The van der Waals surface area contributed by atoms with Gasteiger partial charge >= 0.3 is 0 Å². The van der Waals surface area contributed by atoms with E-state index >= 15 is 0 Å². The molecule has 0 aliphatic heterocycles. The van der Waals surface area contributed by atoms with Crippen molar-refractivity contribution >= 4 is 17.5 Å². The molecule has 98 valence electrons. The van der Waals surface area contributed by atoms with Crippen molar-refractivity contribution in [2.45, 2.75) is 32.1 Å². The molecule has 2 nitrogen and oxygen atoms in total. The number of halogens is 1. The molecule has 1 aliphatic rings. The minimum atomic E-state index is -0.0441. The van der Waals surface area contributed by atoms with Crippen LogP contribution in [0.15, 0.2) is 30.3 Å². The Balaban J connectivity index is 1.94. The average Bonchev–Trinajstić information content (AvgIpc) is 3.19. The third-order valence-electron chi connectivity index (χ3n) is 3.80. The van der Waals surface area contributed by atoms with Gasteiger partial charge in [-0.2, -0.15) is 0 Å². The van der Waals surface area contributed by atoms with E-state index in [0.29, 0.717) is 5.88 Å². The number of carbonyl (C=O) groups is 1. The monoisotopic (exact) mass is 265 g/mol. The summed E-state index contributed by atoms with van der Waals surface area (Å²) in [5.41, 5.74) is 1.28. The number of amides is 1. The normalized spacial score (nSPS) is 18.1. The molecule has 0 saturated heterocycles. The van der Waals surface area contributed by atoms with Crippen LogP contribution in [-0.4, -0.2) is 18.3 Å². The van der Waals surface area contributed by atoms with E-state index in [-0.39, 0.29) is 17.2 Å². The molecule has 1 amide bonds. The second-order valence-electron chi connectivity index (χ2n) is 5.22. The van der Waals surface area contributed by atoms with Crippen LogP contribution in [0.25, 0.3) is 0 Å². The summed E-state index contributed by atoms with van der Waals surface area (Å²) in [5, 5.41) is 3.06. The van der Waals surface area contributed by atoms with Crippen LogP contribution in [0.5, 0.6) is 0 Å². The van der Waals surface area contributed by atoms with Crippen LogP contribution < -0.4 is 5.32 Å². The van der Waals surface area contributed by atoms with E-state index in [2.05, 4.69) is 5.32 Å². The highest BCUT2D eigenvalue weighted by atomic mass is 35.5. The van der Waals surface area contributed by atoms with Gasteiger partial charge in [-0.25, -0.2) is 0 Å². The van der Waals surface area contributed by atoms with Gasteiger partial charge in [0, 0.05) is 17.8 Å². The van der Waals surface area contributed by atoms with Gasteiger partial charge < -0.3 is 5.32 Å². The standard InChI is InChI=1S/C15H20ClNO/c1-2-13(12-6-4-3-5-7-12)14(18)17-11-15(10-16)8-9-15/h3-7,13H,2,8-11H2,1H3,(H,17,18). The quantitative estimate of drug-likeness (QED) is 0.786. The molecule has 1 N–H and O–H groups in total. The summed E-state index contributed by atoms with van der Waals surface area (Å²) in [6.45, 7) is 2.77. The predicted octanol–water partition coefficient (Wildman–Crippen LogP) is 3.32. The van der Waals surface area contributed by atoms with Gasteiger partial charge in [-0.3, -0.25) is 4.79 Å². The fourth-order valence-corrected chi connectivity index (χ4v) is 2.55. The summed E-state index contributed by atoms with van der Waals surface area (Å²) >= 11 is 5.92. The van der Waals surface area contributed by atoms with E-state index in [1.54, 1.807) is 0 Å². The second kappa shape index (κ2) is 5.75. The van der Waals surface area contributed by atoms with Crippen molar-refractivity contribution in [2.75, 3.05) is 12.4 Å². The van der Waals surface area contributed by atoms with Gasteiger partial charge in [-0.15, -0.1) is 11.6 Å². The summed E-state index contributed by atoms with van der Waals surface area (Å²) < 4.78 is 0. The molecule has 1 fully saturated rings. The van der Waals surface area contributed by atoms with Gasteiger partial charge in [0.2, 0.25) is 5.91 Å². The molecule has 3 heteroatoms. The first-order valence-electron chi connectivity index (χ1n) is 6.59. The molecule has 2 rings (SSSR count). The van der Waals surface area contributed by atoms with Crippen molar-refractivity contribution < 1.29 is 4.79 Å². The Kier molecular flexibility index (Phi) is 4.28. The number of benzene rings is 1. The third kappa shape index (κ3) is 3.05. The maximum Gasteiger partial charge on any atom is 0.227 e. The average molecular weight is 266 g/mol. The summed E-state index contributed by atoms with van der Waals surface area (Å²) in [6, 6.07) is 9.96. The molecule has 1 unspecified atom stereocenters. The minimum absolute atomic E-state index is 0.0441. The molecule has 1 aromatic rings. The van der Waals surface area contributed by atoms with Gasteiger partial charge in [0.25, 0.3) is 0 Å². The van der Waals surface area contributed by atoms with E-state index in [1.165, 1.54) is 0 Å². The van der Waals surface area contributed by atoms with Crippen molar-refractivity contribution in [3.8, 4) is 0 Å². The van der Waals surface area contributed by atoms with Gasteiger partial charge in [-0.1, -0.05) is 37.3 Å². The number of carbonyl (C=O) groups excluding carboxylic acids is 1. The highest BCUT2D eigenvalue weighted by molar-refractivity contribution is 6.18. The van der Waals surface area contributed by atoms with E-state index in [9.17, 15) is 4.79 Å².